The summed E-state index contributed by atoms with van der Waals surface area (Å²) in [7, 11) is 0. The number of rotatable bonds is 9. The number of benzene rings is 1. The molecule has 0 spiro atoms. The number of aromatic nitrogens is 3. The first kappa shape index (κ1) is 22.9. The van der Waals surface area contributed by atoms with Crippen LogP contribution in [0.25, 0.3) is 10.9 Å². The van der Waals surface area contributed by atoms with Crippen molar-refractivity contribution in [2.24, 2.45) is 0 Å². The van der Waals surface area contributed by atoms with Gasteiger partial charge in [0.15, 0.2) is 0 Å². The van der Waals surface area contributed by atoms with Crippen LogP contribution < -0.4 is 5.32 Å². The smallest absolute Gasteiger partial charge is 0.145 e. The van der Waals surface area contributed by atoms with Crippen molar-refractivity contribution < 1.29 is 4.74 Å². The van der Waals surface area contributed by atoms with E-state index in [2.05, 4.69) is 41.2 Å². The molecule has 0 unspecified atom stereocenters. The summed E-state index contributed by atoms with van der Waals surface area (Å²) in [6, 6.07) is 12.3. The number of fused-ring (bicyclic) bond motifs is 1. The van der Waals surface area contributed by atoms with Crippen LogP contribution in [0.3, 0.4) is 0 Å². The van der Waals surface area contributed by atoms with Crippen LogP contribution in [-0.4, -0.2) is 45.7 Å². The Kier molecular flexibility index (Phi) is 7.90. The molecule has 1 saturated heterocycles. The van der Waals surface area contributed by atoms with Crippen molar-refractivity contribution in [3.8, 4) is 0 Å². The van der Waals surface area contributed by atoms with Crippen molar-refractivity contribution in [3.05, 3.63) is 59.1 Å². The highest BCUT2D eigenvalue weighted by atomic mass is 35.5. The predicted molar refractivity (Wildman–Crippen MR) is 130 cm³/mol. The van der Waals surface area contributed by atoms with Gasteiger partial charge in [0.2, 0.25) is 0 Å². The zero-order valence-electron chi connectivity index (χ0n) is 18.9. The molecule has 4 rings (SSSR count). The Bertz CT molecular complexity index is 1010. The van der Waals surface area contributed by atoms with Crippen LogP contribution in [0.1, 0.15) is 57.1 Å². The molecule has 7 heteroatoms. The van der Waals surface area contributed by atoms with Crippen molar-refractivity contribution in [2.75, 3.05) is 25.0 Å². The lowest BCUT2D eigenvalue weighted by atomic mass is 9.99. The second kappa shape index (κ2) is 11.0. The second-order valence-corrected chi connectivity index (χ2v) is 9.02. The number of piperidine rings is 1. The van der Waals surface area contributed by atoms with Crippen LogP contribution in [0, 0.1) is 0 Å². The lowest BCUT2D eigenvalue weighted by molar-refractivity contribution is 0.0787. The molecule has 3 heterocycles. The lowest BCUT2D eigenvalue weighted by Gasteiger charge is -2.34. The maximum absolute atomic E-state index is 6.27. The highest BCUT2D eigenvalue weighted by Crippen LogP contribution is 2.31. The predicted octanol–water partition coefficient (Wildman–Crippen LogP) is 5.63. The monoisotopic (exact) mass is 453 g/mol. The van der Waals surface area contributed by atoms with Gasteiger partial charge in [-0.05, 0) is 70.0 Å². The van der Waals surface area contributed by atoms with Gasteiger partial charge in [0.25, 0.3) is 0 Å². The summed E-state index contributed by atoms with van der Waals surface area (Å²) in [5.74, 6) is 1.66. The zero-order valence-corrected chi connectivity index (χ0v) is 19.7. The number of pyridine rings is 1. The van der Waals surface area contributed by atoms with Crippen LogP contribution in [0.4, 0.5) is 5.82 Å². The molecule has 1 N–H and O–H groups in total. The highest BCUT2D eigenvalue weighted by molar-refractivity contribution is 6.31. The van der Waals surface area contributed by atoms with Crippen molar-refractivity contribution in [2.45, 2.75) is 58.2 Å². The first-order valence-corrected chi connectivity index (χ1v) is 11.9. The minimum atomic E-state index is 0.247. The van der Waals surface area contributed by atoms with Gasteiger partial charge in [0.05, 0.1) is 29.9 Å². The second-order valence-electron chi connectivity index (χ2n) is 8.59. The number of halogens is 1. The summed E-state index contributed by atoms with van der Waals surface area (Å²) in [4.78, 5) is 16.9. The molecule has 1 atom stereocenters. The summed E-state index contributed by atoms with van der Waals surface area (Å²) in [5.41, 5.74) is 2.04. The number of hydrogen-bond donors (Lipinski definition) is 1. The van der Waals surface area contributed by atoms with E-state index in [1.165, 1.54) is 12.8 Å². The van der Waals surface area contributed by atoms with E-state index in [1.54, 1.807) is 0 Å². The van der Waals surface area contributed by atoms with Gasteiger partial charge in [-0.2, -0.15) is 0 Å². The van der Waals surface area contributed by atoms with Gasteiger partial charge in [-0.15, -0.1) is 0 Å². The Morgan fingerprint density at radius 2 is 2.09 bits per heavy atom. The molecule has 0 bridgehead atoms. The van der Waals surface area contributed by atoms with Gasteiger partial charge >= 0.3 is 0 Å². The van der Waals surface area contributed by atoms with Gasteiger partial charge < -0.3 is 10.1 Å². The molecule has 0 amide bonds. The molecule has 170 valence electrons. The van der Waals surface area contributed by atoms with Gasteiger partial charge in [0, 0.05) is 29.8 Å². The molecule has 6 nitrogen and oxygen atoms in total. The molecule has 1 aliphatic rings. The van der Waals surface area contributed by atoms with Gasteiger partial charge in [-0.3, -0.25) is 9.88 Å². The van der Waals surface area contributed by atoms with Crippen molar-refractivity contribution in [3.63, 3.8) is 0 Å². The molecule has 0 aliphatic carbocycles. The lowest BCUT2D eigenvalue weighted by Crippen LogP contribution is -2.34. The Morgan fingerprint density at radius 3 is 2.91 bits per heavy atom. The van der Waals surface area contributed by atoms with E-state index in [-0.39, 0.29) is 6.10 Å². The van der Waals surface area contributed by atoms with E-state index in [9.17, 15) is 0 Å². The molecular formula is C25H32ClN5O. The summed E-state index contributed by atoms with van der Waals surface area (Å²) in [6.45, 7) is 7.34. The minimum absolute atomic E-state index is 0.247. The third kappa shape index (κ3) is 5.94. The van der Waals surface area contributed by atoms with E-state index in [0.717, 1.165) is 60.8 Å². The summed E-state index contributed by atoms with van der Waals surface area (Å²) >= 11 is 6.27. The van der Waals surface area contributed by atoms with Crippen LogP contribution in [0.5, 0.6) is 0 Å². The first-order valence-electron chi connectivity index (χ1n) is 11.6. The number of ether oxygens (including phenoxy) is 1. The fourth-order valence-electron chi connectivity index (χ4n) is 4.22. The van der Waals surface area contributed by atoms with E-state index in [4.69, 9.17) is 26.3 Å². The molecule has 2 aromatic heterocycles. The topological polar surface area (TPSA) is 63.2 Å². The molecule has 1 fully saturated rings. The number of nitrogens with zero attached hydrogens (tertiary/aromatic N) is 4. The molecule has 32 heavy (non-hydrogen) atoms. The number of nitrogens with one attached hydrogen (secondary N) is 1. The molecule has 3 aromatic rings. The Labute approximate surface area is 195 Å². The van der Waals surface area contributed by atoms with Gasteiger partial charge in [-0.25, -0.2) is 9.97 Å². The summed E-state index contributed by atoms with van der Waals surface area (Å²) in [5, 5.41) is 5.12. The van der Waals surface area contributed by atoms with Gasteiger partial charge in [0.1, 0.15) is 11.6 Å². The third-order valence-electron chi connectivity index (χ3n) is 5.76. The molecule has 1 aliphatic heterocycles. The minimum Gasteiger partial charge on any atom is -0.379 e. The first-order chi connectivity index (χ1) is 15.6. The molecule has 0 radical (unpaired) electrons. The number of likely N-dealkylation sites (tertiary alicyclic amines) is 1. The van der Waals surface area contributed by atoms with Crippen LogP contribution >= 0.6 is 11.6 Å². The van der Waals surface area contributed by atoms with E-state index < -0.39 is 0 Å². The van der Waals surface area contributed by atoms with Crippen LogP contribution in [-0.2, 0) is 11.3 Å². The highest BCUT2D eigenvalue weighted by Gasteiger charge is 2.26. The molecule has 0 saturated carbocycles. The van der Waals surface area contributed by atoms with E-state index in [0.29, 0.717) is 17.6 Å². The van der Waals surface area contributed by atoms with E-state index in [1.807, 2.05) is 30.5 Å². The largest absolute Gasteiger partial charge is 0.379 e. The Morgan fingerprint density at radius 1 is 1.19 bits per heavy atom. The fourth-order valence-corrected chi connectivity index (χ4v) is 4.39. The quantitative estimate of drug-likeness (QED) is 0.423. The van der Waals surface area contributed by atoms with Crippen molar-refractivity contribution >= 4 is 28.3 Å². The zero-order chi connectivity index (χ0) is 22.3. The fraction of sp³-hybridized carbons (Fsp3) is 0.480. The number of anilines is 1. The maximum Gasteiger partial charge on any atom is 0.145 e. The van der Waals surface area contributed by atoms with Gasteiger partial charge in [-0.1, -0.05) is 24.1 Å². The maximum atomic E-state index is 6.27. The summed E-state index contributed by atoms with van der Waals surface area (Å²) in [6.07, 6.45) is 6.56. The standard InChI is InChI=1S/C25H32ClN5O/c1-18(2)32-15-7-13-28-25-20-16-19(26)10-11-21(20)29-24(30-25)17-31-14-6-4-9-23(31)22-8-3-5-12-27-22/h3,5,8,10-12,16,18,23H,4,6-7,9,13-15,17H2,1-2H3,(H,28,29,30)/t23-/m0/s1. The third-order valence-corrected chi connectivity index (χ3v) is 5.99. The normalized spacial score (nSPS) is 17.2. The van der Waals surface area contributed by atoms with E-state index >= 15 is 0 Å². The van der Waals surface area contributed by atoms with Crippen molar-refractivity contribution in [1.82, 2.24) is 19.9 Å². The Balaban J connectivity index is 1.54. The van der Waals surface area contributed by atoms with Crippen molar-refractivity contribution in [1.29, 1.82) is 0 Å². The average Bonchev–Trinajstić information content (AvgIpc) is 2.80. The number of hydrogen-bond acceptors (Lipinski definition) is 6. The SMILES string of the molecule is CC(C)OCCCNc1nc(CN2CCCC[C@H]2c2ccccn2)nc2ccc(Cl)cc12. The average molecular weight is 454 g/mol. The Hall–Kier alpha value is -2.28. The molecule has 1 aromatic carbocycles. The molecular weight excluding hydrogens is 422 g/mol. The summed E-state index contributed by atoms with van der Waals surface area (Å²) < 4.78 is 5.66. The van der Waals surface area contributed by atoms with Crippen LogP contribution in [0.2, 0.25) is 5.02 Å². The van der Waals surface area contributed by atoms with Crippen LogP contribution in [0.15, 0.2) is 42.6 Å².